The van der Waals surface area contributed by atoms with Crippen molar-refractivity contribution in [3.63, 3.8) is 0 Å². The van der Waals surface area contributed by atoms with Gasteiger partial charge in [-0.05, 0) is 13.0 Å². The molecule has 1 aliphatic rings. The van der Waals surface area contributed by atoms with Crippen LogP contribution in [0.15, 0.2) is 6.08 Å². The Balaban J connectivity index is 1.85. The van der Waals surface area contributed by atoms with Gasteiger partial charge >= 0.3 is 0 Å². The van der Waals surface area contributed by atoms with Crippen molar-refractivity contribution in [1.29, 1.82) is 0 Å². The molecule has 1 fully saturated rings. The van der Waals surface area contributed by atoms with Crippen LogP contribution in [0.1, 0.15) is 10.6 Å². The van der Waals surface area contributed by atoms with Crippen molar-refractivity contribution in [2.75, 3.05) is 58.0 Å². The number of morpholine rings is 1. The third-order valence-electron chi connectivity index (χ3n) is 3.12. The fraction of sp³-hybridized carbons (Fsp3) is 0.643. The number of ether oxygens (including phenoxy) is 2. The zero-order chi connectivity index (χ0) is 14.2. The monoisotopic (exact) mass is 297 g/mol. The number of rotatable bonds is 7. The van der Waals surface area contributed by atoms with E-state index >= 15 is 0 Å². The topological polar surface area (TPSA) is 46.6 Å². The lowest BCUT2D eigenvalue weighted by molar-refractivity contribution is 0.122. The third-order valence-corrected chi connectivity index (χ3v) is 4.30. The summed E-state index contributed by atoms with van der Waals surface area (Å²) in [6, 6.07) is 0. The molecule has 0 spiro atoms. The van der Waals surface area contributed by atoms with Crippen LogP contribution in [-0.4, -0.2) is 58.1 Å². The first kappa shape index (κ1) is 15.4. The predicted octanol–water partition coefficient (Wildman–Crippen LogP) is 1.54. The predicted molar refractivity (Wildman–Crippen MR) is 83.7 cm³/mol. The lowest BCUT2D eigenvalue weighted by Gasteiger charge is -2.25. The first-order valence-corrected chi connectivity index (χ1v) is 7.79. The number of thiazole rings is 1. The Morgan fingerprint density at radius 3 is 3.00 bits per heavy atom. The summed E-state index contributed by atoms with van der Waals surface area (Å²) >= 11 is 1.75. The van der Waals surface area contributed by atoms with Crippen LogP contribution in [0.5, 0.6) is 0 Å². The van der Waals surface area contributed by atoms with Gasteiger partial charge in [0.05, 0.1) is 30.4 Å². The largest absolute Gasteiger partial charge is 0.383 e. The Labute approximate surface area is 124 Å². The molecule has 2 heterocycles. The molecular formula is C14H23N3O2S. The molecule has 1 saturated heterocycles. The maximum atomic E-state index is 5.37. The molecule has 0 unspecified atom stereocenters. The highest BCUT2D eigenvalue weighted by molar-refractivity contribution is 7.16. The van der Waals surface area contributed by atoms with E-state index in [1.54, 1.807) is 18.4 Å². The number of nitrogens with zero attached hydrogens (tertiary/aromatic N) is 2. The molecule has 0 bridgehead atoms. The van der Waals surface area contributed by atoms with Crippen molar-refractivity contribution in [3.05, 3.63) is 16.6 Å². The van der Waals surface area contributed by atoms with Gasteiger partial charge in [-0.15, -0.1) is 0 Å². The van der Waals surface area contributed by atoms with Crippen molar-refractivity contribution in [2.45, 2.75) is 6.92 Å². The highest BCUT2D eigenvalue weighted by Crippen LogP contribution is 2.27. The molecule has 0 aromatic carbocycles. The number of aryl methyl sites for hydroxylation is 1. The van der Waals surface area contributed by atoms with Gasteiger partial charge in [0.1, 0.15) is 0 Å². The average molecular weight is 297 g/mol. The summed E-state index contributed by atoms with van der Waals surface area (Å²) in [6.45, 7) is 8.02. The zero-order valence-electron chi connectivity index (χ0n) is 12.2. The van der Waals surface area contributed by atoms with Gasteiger partial charge in [-0.3, -0.25) is 0 Å². The molecule has 0 saturated carbocycles. The second-order valence-electron chi connectivity index (χ2n) is 4.64. The van der Waals surface area contributed by atoms with E-state index in [0.717, 1.165) is 56.8 Å². The Kier molecular flexibility index (Phi) is 6.46. The van der Waals surface area contributed by atoms with Gasteiger partial charge in [0.25, 0.3) is 0 Å². The molecule has 1 aliphatic heterocycles. The number of aromatic nitrogens is 1. The summed E-state index contributed by atoms with van der Waals surface area (Å²) in [6.07, 6.45) is 4.29. The maximum absolute atomic E-state index is 5.37. The fourth-order valence-electron chi connectivity index (χ4n) is 1.96. The van der Waals surface area contributed by atoms with Crippen molar-refractivity contribution in [2.24, 2.45) is 0 Å². The van der Waals surface area contributed by atoms with E-state index in [0.29, 0.717) is 0 Å². The van der Waals surface area contributed by atoms with Crippen molar-refractivity contribution in [3.8, 4) is 0 Å². The van der Waals surface area contributed by atoms with Crippen LogP contribution < -0.4 is 10.2 Å². The second kappa shape index (κ2) is 8.36. The summed E-state index contributed by atoms with van der Waals surface area (Å²) in [5.74, 6) is 0. The van der Waals surface area contributed by atoms with Crippen LogP contribution in [0, 0.1) is 6.92 Å². The highest BCUT2D eigenvalue weighted by Gasteiger charge is 2.15. The molecule has 20 heavy (non-hydrogen) atoms. The van der Waals surface area contributed by atoms with Gasteiger partial charge in [0.2, 0.25) is 0 Å². The first-order valence-electron chi connectivity index (χ1n) is 6.97. The summed E-state index contributed by atoms with van der Waals surface area (Å²) in [7, 11) is 1.71. The van der Waals surface area contributed by atoms with E-state index in [4.69, 9.17) is 9.47 Å². The van der Waals surface area contributed by atoms with Crippen LogP contribution in [0.25, 0.3) is 6.08 Å². The van der Waals surface area contributed by atoms with Crippen molar-refractivity contribution >= 4 is 22.5 Å². The molecule has 1 aromatic rings. The quantitative estimate of drug-likeness (QED) is 0.774. The number of methoxy groups -OCH3 is 1. The molecule has 0 radical (unpaired) electrons. The van der Waals surface area contributed by atoms with Crippen molar-refractivity contribution < 1.29 is 9.47 Å². The first-order chi connectivity index (χ1) is 9.81. The molecule has 1 N–H and O–H groups in total. The van der Waals surface area contributed by atoms with E-state index < -0.39 is 0 Å². The highest BCUT2D eigenvalue weighted by atomic mass is 32.1. The normalized spacial score (nSPS) is 16.2. The standard InChI is InChI=1S/C14H23N3O2S/c1-12-13(4-3-5-15-6-9-18-2)20-14(16-12)17-7-10-19-11-8-17/h3-4,15H,5-11H2,1-2H3. The van der Waals surface area contributed by atoms with Gasteiger partial charge in [0, 0.05) is 33.3 Å². The summed E-state index contributed by atoms with van der Waals surface area (Å²) in [5, 5.41) is 4.40. The maximum Gasteiger partial charge on any atom is 0.186 e. The molecule has 5 nitrogen and oxygen atoms in total. The molecule has 0 amide bonds. The zero-order valence-corrected chi connectivity index (χ0v) is 13.0. The Morgan fingerprint density at radius 2 is 2.25 bits per heavy atom. The summed E-state index contributed by atoms with van der Waals surface area (Å²) < 4.78 is 10.4. The van der Waals surface area contributed by atoms with E-state index in [2.05, 4.69) is 34.3 Å². The van der Waals surface area contributed by atoms with Crippen LogP contribution in [0.3, 0.4) is 0 Å². The lowest BCUT2D eigenvalue weighted by atomic mass is 10.3. The van der Waals surface area contributed by atoms with Gasteiger partial charge in [0.15, 0.2) is 5.13 Å². The van der Waals surface area contributed by atoms with E-state index in [9.17, 15) is 0 Å². The lowest BCUT2D eigenvalue weighted by Crippen LogP contribution is -2.36. The number of hydrogen-bond acceptors (Lipinski definition) is 6. The third kappa shape index (κ3) is 4.56. The van der Waals surface area contributed by atoms with Crippen LogP contribution in [0.2, 0.25) is 0 Å². The Bertz CT molecular complexity index is 428. The number of anilines is 1. The van der Waals surface area contributed by atoms with Gasteiger partial charge in [-0.25, -0.2) is 4.98 Å². The van der Waals surface area contributed by atoms with E-state index in [-0.39, 0.29) is 0 Å². The molecule has 112 valence electrons. The molecule has 6 heteroatoms. The minimum atomic E-state index is 0.745. The van der Waals surface area contributed by atoms with Crippen LogP contribution in [0.4, 0.5) is 5.13 Å². The molecular weight excluding hydrogens is 274 g/mol. The molecule has 0 aliphatic carbocycles. The number of nitrogens with one attached hydrogen (secondary N) is 1. The smallest absolute Gasteiger partial charge is 0.186 e. The van der Waals surface area contributed by atoms with Crippen molar-refractivity contribution in [1.82, 2.24) is 10.3 Å². The fourth-order valence-corrected chi connectivity index (χ4v) is 3.01. The number of hydrogen-bond donors (Lipinski definition) is 1. The minimum Gasteiger partial charge on any atom is -0.383 e. The van der Waals surface area contributed by atoms with Gasteiger partial charge in [-0.2, -0.15) is 0 Å². The SMILES string of the molecule is COCCNCC=Cc1sc(N2CCOCC2)nc1C. The van der Waals surface area contributed by atoms with Crippen LogP contribution >= 0.6 is 11.3 Å². The minimum absolute atomic E-state index is 0.745. The Hall–Kier alpha value is -0.950. The second-order valence-corrected chi connectivity index (χ2v) is 5.65. The molecule has 1 aromatic heterocycles. The molecule has 2 rings (SSSR count). The summed E-state index contributed by atoms with van der Waals surface area (Å²) in [4.78, 5) is 8.20. The molecule has 0 atom stereocenters. The van der Waals surface area contributed by atoms with Gasteiger partial charge < -0.3 is 19.7 Å². The van der Waals surface area contributed by atoms with Gasteiger partial charge in [-0.1, -0.05) is 17.4 Å². The average Bonchev–Trinajstić information content (AvgIpc) is 2.85. The van der Waals surface area contributed by atoms with Crippen LogP contribution in [-0.2, 0) is 9.47 Å². The summed E-state index contributed by atoms with van der Waals surface area (Å²) in [5.41, 5.74) is 1.10. The van der Waals surface area contributed by atoms with E-state index in [1.165, 1.54) is 4.88 Å². The van der Waals surface area contributed by atoms with E-state index in [1.807, 2.05) is 0 Å². The Morgan fingerprint density at radius 1 is 1.45 bits per heavy atom.